The molecule has 2 aromatic rings. The third kappa shape index (κ3) is 1.90. The van der Waals surface area contributed by atoms with Gasteiger partial charge in [-0.05, 0) is 11.6 Å². The number of hydrogen-bond donors (Lipinski definition) is 1. The number of azide groups is 1. The number of fused-ring (bicyclic) bond motifs is 1. The zero-order valence-electron chi connectivity index (χ0n) is 7.81. The van der Waals surface area contributed by atoms with Crippen molar-refractivity contribution in [2.45, 2.75) is 0 Å². The number of nitrogens with one attached hydrogen (secondary N) is 1. The second-order valence-electron chi connectivity index (χ2n) is 2.83. The Balaban J connectivity index is 2.37. The molecule has 0 saturated carbocycles. The van der Waals surface area contributed by atoms with Crippen molar-refractivity contribution >= 4 is 10.9 Å². The van der Waals surface area contributed by atoms with E-state index in [0.29, 0.717) is 0 Å². The standard InChI is InChI=1S/C10H7N5/c11-15-12-6-2-5-8-3-1-4-9-7-13-14-10(8)9/h1,3-4,7H,6H2,(H,13,14). The molecule has 1 heterocycles. The first-order chi connectivity index (χ1) is 7.42. The normalized spacial score (nSPS) is 9.07. The minimum absolute atomic E-state index is 0.182. The van der Waals surface area contributed by atoms with Gasteiger partial charge < -0.3 is 0 Å². The van der Waals surface area contributed by atoms with Crippen LogP contribution in [0.3, 0.4) is 0 Å². The summed E-state index contributed by atoms with van der Waals surface area (Å²) >= 11 is 0. The molecule has 0 aliphatic heterocycles. The molecule has 0 atom stereocenters. The lowest BCUT2D eigenvalue weighted by molar-refractivity contribution is 1.12. The Labute approximate surface area is 85.7 Å². The molecule has 0 saturated heterocycles. The van der Waals surface area contributed by atoms with E-state index in [0.717, 1.165) is 16.5 Å². The molecule has 5 heteroatoms. The average molecular weight is 197 g/mol. The van der Waals surface area contributed by atoms with Gasteiger partial charge in [0.05, 0.1) is 23.8 Å². The molecule has 2 rings (SSSR count). The number of H-pyrrole nitrogens is 1. The number of rotatable bonds is 1. The largest absolute Gasteiger partial charge is 0.277 e. The van der Waals surface area contributed by atoms with E-state index in [1.54, 1.807) is 6.20 Å². The SMILES string of the molecule is [N-]=[N+]=NCC#Cc1cccc2cn[nH]c12. The van der Waals surface area contributed by atoms with Crippen LogP contribution in [-0.4, -0.2) is 16.7 Å². The molecule has 0 amide bonds. The van der Waals surface area contributed by atoms with Gasteiger partial charge in [-0.1, -0.05) is 29.1 Å². The molecule has 1 aromatic heterocycles. The van der Waals surface area contributed by atoms with E-state index in [1.165, 1.54) is 0 Å². The maximum atomic E-state index is 8.08. The first-order valence-corrected chi connectivity index (χ1v) is 4.33. The van der Waals surface area contributed by atoms with Gasteiger partial charge in [0.15, 0.2) is 0 Å². The predicted octanol–water partition coefficient (Wildman–Crippen LogP) is 2.22. The first kappa shape index (κ1) is 9.13. The van der Waals surface area contributed by atoms with Crippen LogP contribution in [0.2, 0.25) is 0 Å². The number of aromatic nitrogens is 2. The van der Waals surface area contributed by atoms with Crippen LogP contribution in [0.15, 0.2) is 29.5 Å². The maximum absolute atomic E-state index is 8.08. The summed E-state index contributed by atoms with van der Waals surface area (Å²) in [6.07, 6.45) is 1.74. The zero-order valence-corrected chi connectivity index (χ0v) is 7.81. The molecule has 0 fully saturated rings. The summed E-state index contributed by atoms with van der Waals surface area (Å²) < 4.78 is 0. The summed E-state index contributed by atoms with van der Waals surface area (Å²) in [7, 11) is 0. The minimum Gasteiger partial charge on any atom is -0.277 e. The Hall–Kier alpha value is -2.44. The van der Waals surface area contributed by atoms with E-state index in [-0.39, 0.29) is 6.54 Å². The van der Waals surface area contributed by atoms with E-state index in [2.05, 4.69) is 32.1 Å². The predicted molar refractivity (Wildman–Crippen MR) is 57.0 cm³/mol. The zero-order chi connectivity index (χ0) is 10.5. The van der Waals surface area contributed by atoms with Gasteiger partial charge >= 0.3 is 0 Å². The van der Waals surface area contributed by atoms with Gasteiger partial charge in [-0.25, -0.2) is 0 Å². The van der Waals surface area contributed by atoms with Gasteiger partial charge in [0.2, 0.25) is 0 Å². The lowest BCUT2D eigenvalue weighted by Gasteiger charge is -1.91. The molecule has 0 radical (unpaired) electrons. The van der Waals surface area contributed by atoms with Crippen molar-refractivity contribution in [1.82, 2.24) is 10.2 Å². The van der Waals surface area contributed by atoms with Gasteiger partial charge in [0.25, 0.3) is 0 Å². The van der Waals surface area contributed by atoms with Crippen LogP contribution in [0.25, 0.3) is 21.3 Å². The van der Waals surface area contributed by atoms with E-state index >= 15 is 0 Å². The summed E-state index contributed by atoms with van der Waals surface area (Å²) in [5, 5.41) is 11.2. The Morgan fingerprint density at radius 2 is 2.47 bits per heavy atom. The van der Waals surface area contributed by atoms with Gasteiger partial charge in [-0.3, -0.25) is 5.10 Å². The number of para-hydroxylation sites is 1. The van der Waals surface area contributed by atoms with Gasteiger partial charge in [0, 0.05) is 10.3 Å². The molecule has 0 aliphatic carbocycles. The van der Waals surface area contributed by atoms with Crippen LogP contribution in [0, 0.1) is 11.8 Å². The molecule has 1 N–H and O–H groups in total. The fourth-order valence-electron chi connectivity index (χ4n) is 1.27. The number of benzene rings is 1. The topological polar surface area (TPSA) is 77.4 Å². The molecule has 0 bridgehead atoms. The average Bonchev–Trinajstić information content (AvgIpc) is 2.73. The molecule has 0 spiro atoms. The van der Waals surface area contributed by atoms with Crippen molar-refractivity contribution < 1.29 is 0 Å². The van der Waals surface area contributed by atoms with E-state index in [9.17, 15) is 0 Å². The van der Waals surface area contributed by atoms with Crippen molar-refractivity contribution in [2.75, 3.05) is 6.54 Å². The smallest absolute Gasteiger partial charge is 0.0880 e. The van der Waals surface area contributed by atoms with Gasteiger partial charge in [0.1, 0.15) is 0 Å². The quantitative estimate of drug-likeness (QED) is 0.323. The number of nitrogens with zero attached hydrogens (tertiary/aromatic N) is 4. The second-order valence-corrected chi connectivity index (χ2v) is 2.83. The van der Waals surface area contributed by atoms with Crippen molar-refractivity contribution in [3.8, 4) is 11.8 Å². The molecule has 15 heavy (non-hydrogen) atoms. The fraction of sp³-hybridized carbons (Fsp3) is 0.100. The van der Waals surface area contributed by atoms with Crippen LogP contribution in [0.1, 0.15) is 5.56 Å². The summed E-state index contributed by atoms with van der Waals surface area (Å²) in [6, 6.07) is 5.76. The van der Waals surface area contributed by atoms with Crippen LogP contribution < -0.4 is 0 Å². The van der Waals surface area contributed by atoms with Crippen molar-refractivity contribution in [2.24, 2.45) is 5.11 Å². The summed E-state index contributed by atoms with van der Waals surface area (Å²) in [5.74, 6) is 5.69. The first-order valence-electron chi connectivity index (χ1n) is 4.33. The molecule has 0 aliphatic rings. The molecule has 1 aromatic carbocycles. The van der Waals surface area contributed by atoms with Crippen molar-refractivity contribution in [3.63, 3.8) is 0 Å². The fourth-order valence-corrected chi connectivity index (χ4v) is 1.27. The van der Waals surface area contributed by atoms with Crippen molar-refractivity contribution in [3.05, 3.63) is 40.4 Å². The summed E-state index contributed by atoms with van der Waals surface area (Å²) in [5.41, 5.74) is 9.84. The third-order valence-electron chi connectivity index (χ3n) is 1.91. The van der Waals surface area contributed by atoms with Crippen molar-refractivity contribution in [1.29, 1.82) is 0 Å². The highest BCUT2D eigenvalue weighted by atomic mass is 15.1. The molecular formula is C10H7N5. The Bertz CT molecular complexity index is 580. The van der Waals surface area contributed by atoms with E-state index < -0.39 is 0 Å². The maximum Gasteiger partial charge on any atom is 0.0880 e. The Kier molecular flexibility index (Phi) is 2.54. The highest BCUT2D eigenvalue weighted by molar-refractivity contribution is 5.83. The Morgan fingerprint density at radius 3 is 3.33 bits per heavy atom. The van der Waals surface area contributed by atoms with Crippen LogP contribution in [0.4, 0.5) is 0 Å². The minimum atomic E-state index is 0.182. The van der Waals surface area contributed by atoms with Gasteiger partial charge in [-0.15, -0.1) is 0 Å². The number of aromatic amines is 1. The lowest BCUT2D eigenvalue weighted by Crippen LogP contribution is -1.78. The molecule has 72 valence electrons. The van der Waals surface area contributed by atoms with Crippen LogP contribution in [-0.2, 0) is 0 Å². The summed E-state index contributed by atoms with van der Waals surface area (Å²) in [4.78, 5) is 2.62. The number of hydrogen-bond acceptors (Lipinski definition) is 2. The van der Waals surface area contributed by atoms with E-state index in [4.69, 9.17) is 5.53 Å². The highest BCUT2D eigenvalue weighted by Gasteiger charge is 1.98. The lowest BCUT2D eigenvalue weighted by atomic mass is 10.1. The molecule has 5 nitrogen and oxygen atoms in total. The van der Waals surface area contributed by atoms with Crippen LogP contribution >= 0.6 is 0 Å². The Morgan fingerprint density at radius 1 is 1.53 bits per heavy atom. The highest BCUT2D eigenvalue weighted by Crippen LogP contribution is 2.13. The summed E-state index contributed by atoms with van der Waals surface area (Å²) in [6.45, 7) is 0.182. The molecular weight excluding hydrogens is 190 g/mol. The monoisotopic (exact) mass is 197 g/mol. The molecule has 0 unspecified atom stereocenters. The second kappa shape index (κ2) is 4.18. The van der Waals surface area contributed by atoms with E-state index in [1.807, 2.05) is 18.2 Å². The third-order valence-corrected chi connectivity index (χ3v) is 1.91. The van der Waals surface area contributed by atoms with Crippen LogP contribution in [0.5, 0.6) is 0 Å². The van der Waals surface area contributed by atoms with Gasteiger partial charge in [-0.2, -0.15) is 5.10 Å².